The molecule has 1 aromatic carbocycles. The van der Waals surface area contributed by atoms with Crippen LogP contribution in [-0.4, -0.2) is 0 Å². The second-order valence-corrected chi connectivity index (χ2v) is 4.59. The van der Waals surface area contributed by atoms with E-state index in [0.29, 0.717) is 10.0 Å². The first-order valence-corrected chi connectivity index (χ1v) is 5.52. The Bertz CT molecular complexity index is 310. The Balaban J connectivity index is 2.89. The van der Waals surface area contributed by atoms with Gasteiger partial charge in [0.1, 0.15) is 0 Å². The van der Waals surface area contributed by atoms with Crippen LogP contribution in [0.3, 0.4) is 0 Å². The van der Waals surface area contributed by atoms with E-state index in [-0.39, 0.29) is 4.83 Å². The molecule has 0 aliphatic heterocycles. The molecule has 13 heavy (non-hydrogen) atoms. The fourth-order valence-electron chi connectivity index (χ4n) is 0.990. The van der Waals surface area contributed by atoms with Crippen molar-refractivity contribution in [1.29, 1.82) is 0 Å². The lowest BCUT2D eigenvalue weighted by Crippen LogP contribution is -1.87. The first-order valence-electron chi connectivity index (χ1n) is 3.85. The average molecular weight is 280 g/mol. The van der Waals surface area contributed by atoms with Crippen molar-refractivity contribution in [2.75, 3.05) is 0 Å². The van der Waals surface area contributed by atoms with Crippen molar-refractivity contribution in [2.24, 2.45) is 0 Å². The molecule has 0 saturated heterocycles. The maximum atomic E-state index is 5.88. The third-order valence-corrected chi connectivity index (χ3v) is 3.32. The van der Waals surface area contributed by atoms with E-state index in [9.17, 15) is 0 Å². The number of halogens is 3. The zero-order valence-electron chi connectivity index (χ0n) is 6.93. The highest BCUT2D eigenvalue weighted by Gasteiger charge is 2.07. The average Bonchev–Trinajstić information content (AvgIpc) is 2.10. The van der Waals surface area contributed by atoms with Crippen LogP contribution in [0.1, 0.15) is 16.8 Å². The molecule has 0 aliphatic rings. The van der Waals surface area contributed by atoms with Gasteiger partial charge in [-0.25, -0.2) is 0 Å². The summed E-state index contributed by atoms with van der Waals surface area (Å²) in [5, 5.41) is 1.18. The van der Waals surface area contributed by atoms with Gasteiger partial charge in [-0.05, 0) is 24.1 Å². The van der Waals surface area contributed by atoms with E-state index in [0.717, 1.165) is 12.0 Å². The monoisotopic (exact) mass is 278 g/mol. The Labute approximate surface area is 96.7 Å². The zero-order chi connectivity index (χ0) is 9.84. The van der Waals surface area contributed by atoms with Gasteiger partial charge < -0.3 is 0 Å². The summed E-state index contributed by atoms with van der Waals surface area (Å²) in [6.45, 7) is 3.68. The van der Waals surface area contributed by atoms with E-state index in [1.807, 2.05) is 18.2 Å². The van der Waals surface area contributed by atoms with Crippen molar-refractivity contribution in [2.45, 2.75) is 11.2 Å². The molecule has 0 nitrogen and oxygen atoms in total. The molecule has 1 aromatic rings. The molecule has 0 saturated carbocycles. The van der Waals surface area contributed by atoms with Crippen LogP contribution in [0.15, 0.2) is 30.9 Å². The Hall–Kier alpha value is 0.0200. The molecule has 0 aromatic heterocycles. The van der Waals surface area contributed by atoms with Gasteiger partial charge in [0.25, 0.3) is 0 Å². The number of rotatable bonds is 3. The van der Waals surface area contributed by atoms with Crippen molar-refractivity contribution >= 4 is 39.1 Å². The molecule has 0 amide bonds. The van der Waals surface area contributed by atoms with E-state index in [1.165, 1.54) is 0 Å². The van der Waals surface area contributed by atoms with Gasteiger partial charge in [-0.2, -0.15) is 0 Å². The first kappa shape index (κ1) is 11.1. The topological polar surface area (TPSA) is 0 Å². The van der Waals surface area contributed by atoms with Crippen molar-refractivity contribution < 1.29 is 0 Å². The summed E-state index contributed by atoms with van der Waals surface area (Å²) in [6.07, 6.45) is 2.74. The van der Waals surface area contributed by atoms with Crippen LogP contribution >= 0.6 is 39.1 Å². The van der Waals surface area contributed by atoms with Gasteiger partial charge in [0.2, 0.25) is 0 Å². The fourth-order valence-corrected chi connectivity index (χ4v) is 1.85. The molecule has 1 rings (SSSR count). The van der Waals surface area contributed by atoms with Gasteiger partial charge in [-0.15, -0.1) is 6.58 Å². The molecule has 0 aliphatic carbocycles. The number of benzene rings is 1. The van der Waals surface area contributed by atoms with E-state index in [1.54, 1.807) is 6.07 Å². The maximum Gasteiger partial charge on any atom is 0.0595 e. The van der Waals surface area contributed by atoms with Gasteiger partial charge in [0.05, 0.1) is 10.0 Å². The molecule has 1 atom stereocenters. The summed E-state index contributed by atoms with van der Waals surface area (Å²) < 4.78 is 0. The van der Waals surface area contributed by atoms with Crippen molar-refractivity contribution in [3.63, 3.8) is 0 Å². The van der Waals surface area contributed by atoms with E-state index < -0.39 is 0 Å². The summed E-state index contributed by atoms with van der Waals surface area (Å²) in [4.78, 5) is 0.264. The molecule has 0 bridgehead atoms. The lowest BCUT2D eigenvalue weighted by Gasteiger charge is -2.07. The van der Waals surface area contributed by atoms with E-state index in [2.05, 4.69) is 22.5 Å². The first-order chi connectivity index (χ1) is 6.15. The maximum absolute atomic E-state index is 5.88. The van der Waals surface area contributed by atoms with Gasteiger partial charge in [0, 0.05) is 4.83 Å². The predicted molar refractivity (Wildman–Crippen MR) is 62.9 cm³/mol. The molecule has 1 unspecified atom stereocenters. The van der Waals surface area contributed by atoms with Gasteiger partial charge in [0.15, 0.2) is 0 Å². The standard InChI is InChI=1S/C10H9BrCl2/c1-2-3-8(11)7-4-5-9(12)10(13)6-7/h2,4-6,8H,1,3H2. The van der Waals surface area contributed by atoms with Crippen molar-refractivity contribution in [3.05, 3.63) is 46.5 Å². The molecular formula is C10H9BrCl2. The number of hydrogen-bond acceptors (Lipinski definition) is 0. The lowest BCUT2D eigenvalue weighted by molar-refractivity contribution is 0.992. The molecule has 0 radical (unpaired) electrons. The van der Waals surface area contributed by atoms with Crippen molar-refractivity contribution in [3.8, 4) is 0 Å². The SMILES string of the molecule is C=CCC(Br)c1ccc(Cl)c(Cl)c1. The van der Waals surface area contributed by atoms with Gasteiger partial charge in [-0.1, -0.05) is 51.3 Å². The van der Waals surface area contributed by atoms with Crippen LogP contribution in [0.4, 0.5) is 0 Å². The van der Waals surface area contributed by atoms with Crippen molar-refractivity contribution in [1.82, 2.24) is 0 Å². The molecular weight excluding hydrogens is 271 g/mol. The Morgan fingerprint density at radius 2 is 2.08 bits per heavy atom. The van der Waals surface area contributed by atoms with E-state index in [4.69, 9.17) is 23.2 Å². The second kappa shape index (κ2) is 5.04. The predicted octanol–water partition coefficient (Wildman–Crippen LogP) is 5.01. The Kier molecular flexibility index (Phi) is 4.30. The van der Waals surface area contributed by atoms with Crippen LogP contribution < -0.4 is 0 Å². The number of allylic oxidation sites excluding steroid dienone is 1. The molecule has 0 N–H and O–H groups in total. The molecule has 0 fully saturated rings. The summed E-state index contributed by atoms with van der Waals surface area (Å²) in [5.41, 5.74) is 1.12. The van der Waals surface area contributed by atoms with Crippen LogP contribution in [0.2, 0.25) is 10.0 Å². The van der Waals surface area contributed by atoms with E-state index >= 15 is 0 Å². The second-order valence-electron chi connectivity index (χ2n) is 2.67. The summed E-state index contributed by atoms with van der Waals surface area (Å²) >= 11 is 15.2. The Morgan fingerprint density at radius 3 is 2.62 bits per heavy atom. The third kappa shape index (κ3) is 3.01. The van der Waals surface area contributed by atoms with Crippen LogP contribution in [0.5, 0.6) is 0 Å². The number of alkyl halides is 1. The summed E-state index contributed by atoms with van der Waals surface area (Å²) in [5.74, 6) is 0. The van der Waals surface area contributed by atoms with Gasteiger partial charge >= 0.3 is 0 Å². The molecule has 70 valence electrons. The van der Waals surface area contributed by atoms with Crippen LogP contribution in [-0.2, 0) is 0 Å². The third-order valence-electron chi connectivity index (χ3n) is 1.68. The summed E-state index contributed by atoms with van der Waals surface area (Å²) in [7, 11) is 0. The highest BCUT2D eigenvalue weighted by Crippen LogP contribution is 2.31. The van der Waals surface area contributed by atoms with Gasteiger partial charge in [-0.3, -0.25) is 0 Å². The largest absolute Gasteiger partial charge is 0.103 e. The Morgan fingerprint density at radius 1 is 1.38 bits per heavy atom. The molecule has 0 heterocycles. The minimum atomic E-state index is 0.264. The minimum absolute atomic E-state index is 0.264. The quantitative estimate of drug-likeness (QED) is 0.539. The fraction of sp³-hybridized carbons (Fsp3) is 0.200. The molecule has 3 heteroatoms. The molecule has 0 spiro atoms. The van der Waals surface area contributed by atoms with Crippen LogP contribution in [0, 0.1) is 0 Å². The highest BCUT2D eigenvalue weighted by molar-refractivity contribution is 9.09. The number of hydrogen-bond donors (Lipinski definition) is 0. The normalized spacial score (nSPS) is 12.5. The van der Waals surface area contributed by atoms with Crippen LogP contribution in [0.25, 0.3) is 0 Å². The smallest absolute Gasteiger partial charge is 0.0595 e. The lowest BCUT2D eigenvalue weighted by atomic mass is 10.1. The highest BCUT2D eigenvalue weighted by atomic mass is 79.9. The zero-order valence-corrected chi connectivity index (χ0v) is 10.0. The minimum Gasteiger partial charge on any atom is -0.103 e. The summed E-state index contributed by atoms with van der Waals surface area (Å²) in [6, 6.07) is 5.63.